The van der Waals surface area contributed by atoms with Gasteiger partial charge in [0.25, 0.3) is 0 Å². The van der Waals surface area contributed by atoms with Gasteiger partial charge in [0.15, 0.2) is 0 Å². The molecule has 13 heavy (non-hydrogen) atoms. The average Bonchev–Trinajstić information content (AvgIpc) is 2.59. The summed E-state index contributed by atoms with van der Waals surface area (Å²) < 4.78 is 0. The molecule has 4 nitrogen and oxygen atoms in total. The monoisotopic (exact) mass is 190 g/mol. The van der Waals surface area contributed by atoms with Crippen molar-refractivity contribution in [3.8, 4) is 0 Å². The van der Waals surface area contributed by atoms with E-state index in [-0.39, 0.29) is 13.2 Å². The molecule has 1 saturated heterocycles. The van der Waals surface area contributed by atoms with Crippen molar-refractivity contribution in [2.75, 3.05) is 13.2 Å². The highest BCUT2D eigenvalue weighted by molar-refractivity contribution is 4.93. The number of hydrogen-bond acceptors (Lipinski definition) is 4. The molecule has 0 unspecified atom stereocenters. The van der Waals surface area contributed by atoms with Crippen LogP contribution < -0.4 is 0 Å². The summed E-state index contributed by atoms with van der Waals surface area (Å²) in [6.45, 7) is 3.74. The fourth-order valence-electron chi connectivity index (χ4n) is 1.58. The Balaban J connectivity index is 2.69. The van der Waals surface area contributed by atoms with Gasteiger partial charge < -0.3 is 10.2 Å². The standard InChI is InChI=1S/C9H18O4/c1-3-8(6-10)5-9(4-2,7-11)13-12-8/h10-11H,3-7H2,1-2H3/t8-,9+. The van der Waals surface area contributed by atoms with Crippen LogP contribution in [0.1, 0.15) is 33.1 Å². The van der Waals surface area contributed by atoms with Crippen LogP contribution in [0, 0.1) is 0 Å². The van der Waals surface area contributed by atoms with Crippen LogP contribution in [0.3, 0.4) is 0 Å². The topological polar surface area (TPSA) is 58.9 Å². The van der Waals surface area contributed by atoms with Crippen LogP contribution in [0.25, 0.3) is 0 Å². The van der Waals surface area contributed by atoms with Crippen molar-refractivity contribution < 1.29 is 20.0 Å². The van der Waals surface area contributed by atoms with Gasteiger partial charge in [0, 0.05) is 6.42 Å². The molecule has 0 aromatic carbocycles. The Bertz CT molecular complexity index is 143. The third-order valence-electron chi connectivity index (χ3n) is 2.90. The second kappa shape index (κ2) is 3.92. The van der Waals surface area contributed by atoms with Gasteiger partial charge in [-0.2, -0.15) is 0 Å². The van der Waals surface area contributed by atoms with Gasteiger partial charge in [0.2, 0.25) is 0 Å². The molecule has 0 radical (unpaired) electrons. The molecule has 1 fully saturated rings. The first kappa shape index (κ1) is 10.9. The Morgan fingerprint density at radius 2 is 1.38 bits per heavy atom. The molecule has 0 spiro atoms. The minimum absolute atomic E-state index is 0.0642. The SMILES string of the molecule is CC[C@]1(CO)C[C@@](CC)(CO)OO1. The van der Waals surface area contributed by atoms with Crippen molar-refractivity contribution in [2.24, 2.45) is 0 Å². The summed E-state index contributed by atoms with van der Waals surface area (Å²) in [5.74, 6) is 0. The Labute approximate surface area is 78.4 Å². The molecule has 0 bridgehead atoms. The van der Waals surface area contributed by atoms with Crippen LogP contribution >= 0.6 is 0 Å². The number of rotatable bonds is 4. The molecule has 1 heterocycles. The highest BCUT2D eigenvalue weighted by atomic mass is 17.2. The third kappa shape index (κ3) is 1.86. The van der Waals surface area contributed by atoms with E-state index in [4.69, 9.17) is 20.0 Å². The maximum absolute atomic E-state index is 9.15. The average molecular weight is 190 g/mol. The summed E-state index contributed by atoms with van der Waals surface area (Å²) in [5.41, 5.74) is -1.22. The van der Waals surface area contributed by atoms with Gasteiger partial charge in [-0.05, 0) is 12.8 Å². The second-order valence-corrected chi connectivity index (χ2v) is 3.73. The minimum atomic E-state index is -0.612. The predicted octanol–water partition coefficient (Wildman–Crippen LogP) is 0.621. The van der Waals surface area contributed by atoms with Crippen molar-refractivity contribution in [1.29, 1.82) is 0 Å². The van der Waals surface area contributed by atoms with Gasteiger partial charge >= 0.3 is 0 Å². The van der Waals surface area contributed by atoms with Gasteiger partial charge in [0.1, 0.15) is 11.2 Å². The first-order valence-electron chi connectivity index (χ1n) is 4.74. The van der Waals surface area contributed by atoms with E-state index in [9.17, 15) is 0 Å². The van der Waals surface area contributed by atoms with Crippen LogP contribution in [0.4, 0.5) is 0 Å². The molecule has 2 atom stereocenters. The van der Waals surface area contributed by atoms with E-state index >= 15 is 0 Å². The lowest BCUT2D eigenvalue weighted by Gasteiger charge is -2.23. The zero-order chi connectivity index (χ0) is 9.95. The van der Waals surface area contributed by atoms with Crippen LogP contribution in [0.15, 0.2) is 0 Å². The Hall–Kier alpha value is -0.160. The molecule has 0 aliphatic carbocycles. The fourth-order valence-corrected chi connectivity index (χ4v) is 1.58. The van der Waals surface area contributed by atoms with Crippen molar-refractivity contribution in [2.45, 2.75) is 44.3 Å². The largest absolute Gasteiger partial charge is 0.393 e. The smallest absolute Gasteiger partial charge is 0.129 e. The van der Waals surface area contributed by atoms with Crippen LogP contribution in [-0.4, -0.2) is 34.6 Å². The maximum Gasteiger partial charge on any atom is 0.129 e. The molecule has 0 amide bonds. The molecule has 1 aliphatic rings. The molecule has 1 rings (SSSR count). The van der Waals surface area contributed by atoms with E-state index in [2.05, 4.69) is 0 Å². The minimum Gasteiger partial charge on any atom is -0.393 e. The molecular weight excluding hydrogens is 172 g/mol. The van der Waals surface area contributed by atoms with Gasteiger partial charge in [-0.3, -0.25) is 0 Å². The Kier molecular flexibility index (Phi) is 3.29. The summed E-state index contributed by atoms with van der Waals surface area (Å²) >= 11 is 0. The molecule has 0 aromatic heterocycles. The van der Waals surface area contributed by atoms with Gasteiger partial charge in [0.05, 0.1) is 13.2 Å². The molecule has 1 aliphatic heterocycles. The van der Waals surface area contributed by atoms with E-state index in [0.29, 0.717) is 19.3 Å². The van der Waals surface area contributed by atoms with Crippen molar-refractivity contribution in [3.05, 3.63) is 0 Å². The molecule has 0 saturated carbocycles. The van der Waals surface area contributed by atoms with Crippen molar-refractivity contribution in [3.63, 3.8) is 0 Å². The Morgan fingerprint density at radius 3 is 1.54 bits per heavy atom. The second-order valence-electron chi connectivity index (χ2n) is 3.73. The summed E-state index contributed by atoms with van der Waals surface area (Å²) in [7, 11) is 0. The number of aliphatic hydroxyl groups is 2. The third-order valence-corrected chi connectivity index (χ3v) is 2.90. The van der Waals surface area contributed by atoms with Gasteiger partial charge in [-0.25, -0.2) is 9.78 Å². The summed E-state index contributed by atoms with van der Waals surface area (Å²) in [6, 6.07) is 0. The van der Waals surface area contributed by atoms with Crippen molar-refractivity contribution in [1.82, 2.24) is 0 Å². The molecule has 4 heteroatoms. The van der Waals surface area contributed by atoms with E-state index in [1.54, 1.807) is 0 Å². The summed E-state index contributed by atoms with van der Waals surface area (Å²) in [4.78, 5) is 10.3. The van der Waals surface area contributed by atoms with Gasteiger partial charge in [-0.15, -0.1) is 0 Å². The number of aliphatic hydroxyl groups excluding tert-OH is 2. The molecular formula is C9H18O4. The lowest BCUT2D eigenvalue weighted by Crippen LogP contribution is -2.37. The molecule has 0 aromatic rings. The zero-order valence-electron chi connectivity index (χ0n) is 8.25. The highest BCUT2D eigenvalue weighted by Crippen LogP contribution is 2.39. The van der Waals surface area contributed by atoms with E-state index < -0.39 is 11.2 Å². The fraction of sp³-hybridized carbons (Fsp3) is 1.00. The van der Waals surface area contributed by atoms with Crippen molar-refractivity contribution >= 4 is 0 Å². The molecule has 2 N–H and O–H groups in total. The summed E-state index contributed by atoms with van der Waals surface area (Å²) in [6.07, 6.45) is 1.93. The first-order chi connectivity index (χ1) is 6.16. The van der Waals surface area contributed by atoms with Crippen LogP contribution in [0.2, 0.25) is 0 Å². The lowest BCUT2D eigenvalue weighted by atomic mass is 9.85. The maximum atomic E-state index is 9.15. The first-order valence-corrected chi connectivity index (χ1v) is 4.74. The van der Waals surface area contributed by atoms with E-state index in [1.807, 2.05) is 13.8 Å². The molecule has 78 valence electrons. The lowest BCUT2D eigenvalue weighted by molar-refractivity contribution is -0.358. The summed E-state index contributed by atoms with van der Waals surface area (Å²) in [5, 5.41) is 18.3. The van der Waals surface area contributed by atoms with Gasteiger partial charge in [-0.1, -0.05) is 13.8 Å². The normalized spacial score (nSPS) is 39.7. The number of hydrogen-bond donors (Lipinski definition) is 2. The van der Waals surface area contributed by atoms with Crippen LogP contribution in [-0.2, 0) is 9.78 Å². The zero-order valence-corrected chi connectivity index (χ0v) is 8.25. The highest BCUT2D eigenvalue weighted by Gasteiger charge is 2.49. The predicted molar refractivity (Wildman–Crippen MR) is 47.0 cm³/mol. The van der Waals surface area contributed by atoms with E-state index in [0.717, 1.165) is 0 Å². The quantitative estimate of drug-likeness (QED) is 0.638. The van der Waals surface area contributed by atoms with Crippen LogP contribution in [0.5, 0.6) is 0 Å². The van der Waals surface area contributed by atoms with E-state index in [1.165, 1.54) is 0 Å². The Morgan fingerprint density at radius 1 is 1.00 bits per heavy atom.